The quantitative estimate of drug-likeness (QED) is 0.259. The van der Waals surface area contributed by atoms with Crippen molar-refractivity contribution in [1.82, 2.24) is 14.9 Å². The summed E-state index contributed by atoms with van der Waals surface area (Å²) in [5.41, 5.74) is 9.37. The minimum atomic E-state index is -0.0732. The number of nitrogens with zero attached hydrogens (tertiary/aromatic N) is 3. The number of hydrogen-bond donors (Lipinski definition) is 1. The van der Waals surface area contributed by atoms with Gasteiger partial charge in [-0.3, -0.25) is 4.98 Å². The molecule has 5 heteroatoms. The van der Waals surface area contributed by atoms with Gasteiger partial charge >= 0.3 is 0 Å². The number of benzene rings is 3. The van der Waals surface area contributed by atoms with E-state index in [1.807, 2.05) is 18.3 Å². The van der Waals surface area contributed by atoms with Gasteiger partial charge in [0.05, 0.1) is 23.5 Å². The molecule has 0 saturated carbocycles. The van der Waals surface area contributed by atoms with Gasteiger partial charge < -0.3 is 14.8 Å². The molecule has 3 aromatic carbocycles. The van der Waals surface area contributed by atoms with E-state index in [4.69, 9.17) is 17.2 Å². The van der Waals surface area contributed by atoms with E-state index in [0.717, 1.165) is 16.5 Å². The average Bonchev–Trinajstić information content (AvgIpc) is 3.38. The van der Waals surface area contributed by atoms with Gasteiger partial charge in [0.15, 0.2) is 5.11 Å². The van der Waals surface area contributed by atoms with Crippen molar-refractivity contribution in [3.8, 4) is 5.69 Å². The highest BCUT2D eigenvalue weighted by atomic mass is 32.1. The van der Waals surface area contributed by atoms with Gasteiger partial charge in [0.2, 0.25) is 0 Å². The van der Waals surface area contributed by atoms with Crippen LogP contribution in [0.2, 0.25) is 0 Å². The number of anilines is 1. The first-order valence-corrected chi connectivity index (χ1v) is 13.1. The second-order valence-corrected chi connectivity index (χ2v) is 10.4. The van der Waals surface area contributed by atoms with Crippen molar-refractivity contribution in [2.24, 2.45) is 0 Å². The van der Waals surface area contributed by atoms with Crippen molar-refractivity contribution in [2.45, 2.75) is 39.8 Å². The Kier molecular flexibility index (Phi) is 5.81. The molecule has 1 aliphatic heterocycles. The van der Waals surface area contributed by atoms with E-state index in [-0.39, 0.29) is 12.1 Å². The zero-order valence-electron chi connectivity index (χ0n) is 21.6. The Morgan fingerprint density at radius 2 is 1.54 bits per heavy atom. The lowest BCUT2D eigenvalue weighted by Crippen LogP contribution is -2.29. The van der Waals surface area contributed by atoms with E-state index in [2.05, 4.69) is 115 Å². The van der Waals surface area contributed by atoms with Crippen molar-refractivity contribution in [3.05, 3.63) is 125 Å². The van der Waals surface area contributed by atoms with Crippen LogP contribution >= 0.6 is 12.2 Å². The van der Waals surface area contributed by atoms with E-state index in [1.54, 1.807) is 0 Å². The maximum Gasteiger partial charge on any atom is 0.174 e. The number of aryl methyl sites for hydroxylation is 3. The van der Waals surface area contributed by atoms with Gasteiger partial charge in [-0.05, 0) is 98.4 Å². The van der Waals surface area contributed by atoms with Gasteiger partial charge in [-0.25, -0.2) is 0 Å². The zero-order valence-corrected chi connectivity index (χ0v) is 22.4. The van der Waals surface area contributed by atoms with Crippen LogP contribution in [-0.4, -0.2) is 14.7 Å². The fraction of sp³-hybridized carbons (Fsp3) is 0.188. The normalized spacial score (nSPS) is 17.4. The number of rotatable bonds is 4. The molecule has 0 bridgehead atoms. The number of thiocarbonyl (C=S) groups is 1. The van der Waals surface area contributed by atoms with Crippen LogP contribution in [-0.2, 0) is 0 Å². The summed E-state index contributed by atoms with van der Waals surface area (Å²) in [5.74, 6) is 0. The molecule has 5 aromatic rings. The van der Waals surface area contributed by atoms with Crippen LogP contribution in [0, 0.1) is 27.7 Å². The number of nitrogens with one attached hydrogen (secondary N) is 1. The van der Waals surface area contributed by atoms with Crippen molar-refractivity contribution in [1.29, 1.82) is 0 Å². The van der Waals surface area contributed by atoms with Crippen molar-refractivity contribution >= 4 is 33.8 Å². The molecular formula is C32H30N4S. The highest BCUT2D eigenvalue weighted by Crippen LogP contribution is 2.44. The highest BCUT2D eigenvalue weighted by Gasteiger charge is 2.42. The van der Waals surface area contributed by atoms with Crippen LogP contribution in [0.5, 0.6) is 0 Å². The Morgan fingerprint density at radius 1 is 0.811 bits per heavy atom. The Hall–Kier alpha value is -3.96. The SMILES string of the molecule is Cc1cc(C)cc(N2C(=S)N[C@H](c3ccccn3)[C@@H]2c2cc(C)n(-c3cccc4ccccc34)c2C)c1. The van der Waals surface area contributed by atoms with Crippen LogP contribution < -0.4 is 10.2 Å². The zero-order chi connectivity index (χ0) is 25.7. The maximum absolute atomic E-state index is 5.98. The molecule has 4 nitrogen and oxygen atoms in total. The first kappa shape index (κ1) is 23.4. The largest absolute Gasteiger partial charge is 0.351 e. The molecule has 0 aliphatic carbocycles. The third-order valence-corrected chi connectivity index (χ3v) is 7.69. The van der Waals surface area contributed by atoms with Gasteiger partial charge in [-0.2, -0.15) is 0 Å². The second-order valence-electron chi connectivity index (χ2n) is 10.0. The number of pyridine rings is 1. The summed E-state index contributed by atoms with van der Waals surface area (Å²) in [6.45, 7) is 8.69. The topological polar surface area (TPSA) is 33.1 Å². The van der Waals surface area contributed by atoms with Gasteiger partial charge in [0, 0.05) is 28.7 Å². The fourth-order valence-corrected chi connectivity index (χ4v) is 6.25. The predicted octanol–water partition coefficient (Wildman–Crippen LogP) is 7.44. The summed E-state index contributed by atoms with van der Waals surface area (Å²) in [4.78, 5) is 7.02. The van der Waals surface area contributed by atoms with Crippen LogP contribution in [0.25, 0.3) is 16.5 Å². The first-order valence-electron chi connectivity index (χ1n) is 12.7. The van der Waals surface area contributed by atoms with E-state index in [0.29, 0.717) is 0 Å². The third kappa shape index (κ3) is 4.00. The van der Waals surface area contributed by atoms with E-state index >= 15 is 0 Å². The molecule has 1 aliphatic rings. The lowest BCUT2D eigenvalue weighted by atomic mass is 9.96. The Balaban J connectivity index is 1.56. The van der Waals surface area contributed by atoms with Crippen molar-refractivity contribution in [2.75, 3.05) is 4.90 Å². The third-order valence-electron chi connectivity index (χ3n) is 7.38. The van der Waals surface area contributed by atoms with Gasteiger partial charge in [-0.1, -0.05) is 48.5 Å². The van der Waals surface area contributed by atoms with Crippen molar-refractivity contribution < 1.29 is 0 Å². The molecule has 6 rings (SSSR count). The van der Waals surface area contributed by atoms with Gasteiger partial charge in [0.25, 0.3) is 0 Å². The first-order chi connectivity index (χ1) is 17.9. The lowest BCUT2D eigenvalue weighted by Gasteiger charge is -2.29. The molecule has 0 amide bonds. The Labute approximate surface area is 223 Å². The summed E-state index contributed by atoms with van der Waals surface area (Å²) in [7, 11) is 0. The Bertz CT molecular complexity index is 1610. The smallest absolute Gasteiger partial charge is 0.174 e. The molecular weight excluding hydrogens is 472 g/mol. The summed E-state index contributed by atoms with van der Waals surface area (Å²) < 4.78 is 2.38. The molecule has 3 heterocycles. The van der Waals surface area contributed by atoms with Crippen LogP contribution in [0.1, 0.15) is 45.9 Å². The minimum absolute atomic E-state index is 0.0430. The molecule has 2 atom stereocenters. The van der Waals surface area contributed by atoms with E-state index < -0.39 is 0 Å². The molecule has 1 fully saturated rings. The summed E-state index contributed by atoms with van der Waals surface area (Å²) in [6, 6.07) is 30.0. The minimum Gasteiger partial charge on any atom is -0.351 e. The second kappa shape index (κ2) is 9.16. The standard InChI is InChI=1S/C32H30N4S/c1-20-16-21(2)18-25(17-20)36-31(30(34-32(36)37)28-13-7-8-15-33-28)27-19-22(3)35(23(27)4)29-14-9-11-24-10-5-6-12-26(24)29/h5-19,30-31H,1-4H3,(H,34,37)/t30-,31+/m1/s1. The molecule has 0 spiro atoms. The van der Waals surface area contributed by atoms with Gasteiger partial charge in [0.1, 0.15) is 0 Å². The predicted molar refractivity (Wildman–Crippen MR) is 157 cm³/mol. The molecule has 184 valence electrons. The van der Waals surface area contributed by atoms with Crippen LogP contribution in [0.15, 0.2) is 91.1 Å². The number of hydrogen-bond acceptors (Lipinski definition) is 2. The fourth-order valence-electron chi connectivity index (χ4n) is 5.90. The molecule has 2 aromatic heterocycles. The van der Waals surface area contributed by atoms with Gasteiger partial charge in [-0.15, -0.1) is 0 Å². The monoisotopic (exact) mass is 502 g/mol. The molecule has 0 unspecified atom stereocenters. The van der Waals surface area contributed by atoms with Crippen LogP contribution in [0.4, 0.5) is 5.69 Å². The summed E-state index contributed by atoms with van der Waals surface area (Å²) in [5, 5.41) is 6.82. The summed E-state index contributed by atoms with van der Waals surface area (Å²) in [6.07, 6.45) is 1.86. The highest BCUT2D eigenvalue weighted by molar-refractivity contribution is 7.80. The summed E-state index contributed by atoms with van der Waals surface area (Å²) >= 11 is 5.98. The number of aromatic nitrogens is 2. The van der Waals surface area contributed by atoms with E-state index in [1.165, 1.54) is 44.5 Å². The maximum atomic E-state index is 5.98. The molecule has 1 N–H and O–H groups in total. The Morgan fingerprint density at radius 3 is 2.30 bits per heavy atom. The lowest BCUT2D eigenvalue weighted by molar-refractivity contribution is 0.565. The van der Waals surface area contributed by atoms with Crippen LogP contribution in [0.3, 0.4) is 0 Å². The average molecular weight is 503 g/mol. The molecule has 37 heavy (non-hydrogen) atoms. The number of fused-ring (bicyclic) bond motifs is 1. The van der Waals surface area contributed by atoms with Crippen molar-refractivity contribution in [3.63, 3.8) is 0 Å². The van der Waals surface area contributed by atoms with E-state index in [9.17, 15) is 0 Å². The molecule has 0 radical (unpaired) electrons. The molecule has 1 saturated heterocycles.